The Morgan fingerprint density at radius 2 is 1.28 bits per heavy atom. The van der Waals surface area contributed by atoms with Crippen molar-refractivity contribution in [3.05, 3.63) is 149 Å². The van der Waals surface area contributed by atoms with Crippen LogP contribution in [0.2, 0.25) is 0 Å². The molecule has 5 aromatic carbocycles. The Bertz CT molecular complexity index is 2030. The maximum atomic E-state index is 12.4. The molecular formula is C39H37NO5S. The van der Waals surface area contributed by atoms with E-state index in [2.05, 4.69) is 60.9 Å². The second-order valence-electron chi connectivity index (χ2n) is 11.5. The molecular weight excluding hydrogens is 594 g/mol. The zero-order valence-corrected chi connectivity index (χ0v) is 27.1. The van der Waals surface area contributed by atoms with Gasteiger partial charge < -0.3 is 14.0 Å². The van der Waals surface area contributed by atoms with Crippen molar-refractivity contribution in [2.45, 2.75) is 38.8 Å². The molecule has 0 bridgehead atoms. The summed E-state index contributed by atoms with van der Waals surface area (Å²) in [6.45, 7) is 7.44. The summed E-state index contributed by atoms with van der Waals surface area (Å²) in [4.78, 5) is 0.136. The lowest BCUT2D eigenvalue weighted by Crippen LogP contribution is -2.13. The molecule has 0 radical (unpaired) electrons. The highest BCUT2D eigenvalue weighted by Gasteiger charge is 2.17. The number of rotatable bonds is 12. The van der Waals surface area contributed by atoms with Gasteiger partial charge in [0, 0.05) is 17.4 Å². The lowest BCUT2D eigenvalue weighted by atomic mass is 10.1. The number of nitrogens with zero attached hydrogens (tertiary/aromatic N) is 1. The van der Waals surface area contributed by atoms with E-state index in [1.165, 1.54) is 27.7 Å². The number of aryl methyl sites for hydroxylation is 3. The van der Waals surface area contributed by atoms with Crippen molar-refractivity contribution >= 4 is 21.0 Å². The SMILES string of the molecule is Cc1ccc(S(=O)(=O)OCCOc2ccc(Cn3c(-c4ccc(OCc5ccccc5)cc4)c(C)c4cc(C)ccc43)cc2)cc1. The third-order valence-corrected chi connectivity index (χ3v) is 9.34. The summed E-state index contributed by atoms with van der Waals surface area (Å²) in [5.74, 6) is 1.48. The van der Waals surface area contributed by atoms with Gasteiger partial charge in [0.25, 0.3) is 10.1 Å². The van der Waals surface area contributed by atoms with Gasteiger partial charge in [-0.05, 0) is 104 Å². The van der Waals surface area contributed by atoms with Crippen LogP contribution in [0.25, 0.3) is 22.2 Å². The van der Waals surface area contributed by atoms with Crippen molar-refractivity contribution in [2.24, 2.45) is 0 Å². The number of fused-ring (bicyclic) bond motifs is 1. The Balaban J connectivity index is 1.15. The van der Waals surface area contributed by atoms with E-state index in [9.17, 15) is 8.42 Å². The molecule has 0 atom stereocenters. The molecule has 1 aromatic heterocycles. The number of aromatic nitrogens is 1. The summed E-state index contributed by atoms with van der Waals surface area (Å²) in [6.07, 6.45) is 0. The first-order valence-electron chi connectivity index (χ1n) is 15.3. The minimum absolute atomic E-state index is 0.0779. The minimum Gasteiger partial charge on any atom is -0.491 e. The third-order valence-electron chi connectivity index (χ3n) is 8.01. The average molecular weight is 632 g/mol. The summed E-state index contributed by atoms with van der Waals surface area (Å²) < 4.78 is 44.2. The van der Waals surface area contributed by atoms with Crippen LogP contribution in [-0.2, 0) is 27.5 Å². The molecule has 46 heavy (non-hydrogen) atoms. The highest BCUT2D eigenvalue weighted by Crippen LogP contribution is 2.35. The first kappa shape index (κ1) is 31.1. The van der Waals surface area contributed by atoms with Crippen LogP contribution in [0, 0.1) is 20.8 Å². The van der Waals surface area contributed by atoms with E-state index in [-0.39, 0.29) is 18.1 Å². The maximum Gasteiger partial charge on any atom is 0.297 e. The van der Waals surface area contributed by atoms with Crippen LogP contribution in [-0.4, -0.2) is 26.2 Å². The van der Waals surface area contributed by atoms with E-state index in [0.717, 1.165) is 28.0 Å². The molecule has 6 nitrogen and oxygen atoms in total. The second-order valence-corrected chi connectivity index (χ2v) is 13.1. The number of hydrogen-bond donors (Lipinski definition) is 0. The normalized spacial score (nSPS) is 11.5. The Morgan fingerprint density at radius 3 is 2.00 bits per heavy atom. The maximum absolute atomic E-state index is 12.4. The number of ether oxygens (including phenoxy) is 2. The van der Waals surface area contributed by atoms with E-state index in [1.54, 1.807) is 24.3 Å². The van der Waals surface area contributed by atoms with E-state index in [1.807, 2.05) is 61.5 Å². The van der Waals surface area contributed by atoms with Crippen molar-refractivity contribution in [1.29, 1.82) is 0 Å². The summed E-state index contributed by atoms with van der Waals surface area (Å²) >= 11 is 0. The lowest BCUT2D eigenvalue weighted by molar-refractivity contribution is 0.221. The molecule has 0 spiro atoms. The monoisotopic (exact) mass is 631 g/mol. The molecule has 0 unspecified atom stereocenters. The van der Waals surface area contributed by atoms with Gasteiger partial charge in [-0.1, -0.05) is 71.8 Å². The number of benzene rings is 5. The fraction of sp³-hybridized carbons (Fsp3) is 0.179. The fourth-order valence-corrected chi connectivity index (χ4v) is 6.47. The van der Waals surface area contributed by atoms with Gasteiger partial charge in [-0.25, -0.2) is 0 Å². The molecule has 6 rings (SSSR count). The standard InChI is InChI=1S/C39H37NO5S/c1-28-9-20-36(21-10-28)46(41,42)45-24-23-43-34-16-12-31(13-17-34)26-40-38-22-11-29(2)25-37(38)30(3)39(40)33-14-18-35(19-15-33)44-27-32-7-5-4-6-8-32/h4-22,25H,23-24,26-27H2,1-3H3. The molecule has 7 heteroatoms. The van der Waals surface area contributed by atoms with E-state index in [4.69, 9.17) is 13.7 Å². The molecule has 0 saturated heterocycles. The Labute approximate surface area is 270 Å². The van der Waals surface area contributed by atoms with Gasteiger partial charge in [0.2, 0.25) is 0 Å². The smallest absolute Gasteiger partial charge is 0.297 e. The molecule has 0 saturated carbocycles. The molecule has 0 amide bonds. The van der Waals surface area contributed by atoms with Gasteiger partial charge >= 0.3 is 0 Å². The van der Waals surface area contributed by atoms with Crippen LogP contribution in [0.4, 0.5) is 0 Å². The molecule has 0 N–H and O–H groups in total. The molecule has 6 aromatic rings. The largest absolute Gasteiger partial charge is 0.491 e. The van der Waals surface area contributed by atoms with Crippen molar-refractivity contribution in [1.82, 2.24) is 4.57 Å². The zero-order valence-electron chi connectivity index (χ0n) is 26.3. The molecule has 0 aliphatic carbocycles. The molecule has 0 aliphatic rings. The topological polar surface area (TPSA) is 66.8 Å². The molecule has 0 aliphatic heterocycles. The number of hydrogen-bond acceptors (Lipinski definition) is 5. The summed E-state index contributed by atoms with van der Waals surface area (Å²) in [7, 11) is -3.83. The molecule has 0 fully saturated rings. The first-order chi connectivity index (χ1) is 22.3. The van der Waals surface area contributed by atoms with Crippen LogP contribution in [0.15, 0.2) is 126 Å². The summed E-state index contributed by atoms with van der Waals surface area (Å²) in [5, 5.41) is 1.24. The van der Waals surface area contributed by atoms with Crippen LogP contribution >= 0.6 is 0 Å². The Kier molecular flexibility index (Phi) is 9.24. The first-order valence-corrected chi connectivity index (χ1v) is 16.7. The van der Waals surface area contributed by atoms with Gasteiger partial charge in [0.1, 0.15) is 31.3 Å². The second kappa shape index (κ2) is 13.6. The van der Waals surface area contributed by atoms with Gasteiger partial charge in [-0.15, -0.1) is 0 Å². The Hall–Kier alpha value is -4.85. The zero-order chi connectivity index (χ0) is 32.1. The molecule has 1 heterocycles. The highest BCUT2D eigenvalue weighted by molar-refractivity contribution is 7.86. The van der Waals surface area contributed by atoms with Crippen LogP contribution in [0.5, 0.6) is 11.5 Å². The molecule has 234 valence electrons. The van der Waals surface area contributed by atoms with Gasteiger partial charge in [0.05, 0.1) is 10.6 Å². The Morgan fingerprint density at radius 1 is 0.630 bits per heavy atom. The van der Waals surface area contributed by atoms with Crippen LogP contribution < -0.4 is 9.47 Å². The lowest BCUT2D eigenvalue weighted by Gasteiger charge is -2.14. The predicted octanol–water partition coefficient (Wildman–Crippen LogP) is 8.65. The van der Waals surface area contributed by atoms with Gasteiger partial charge in [-0.3, -0.25) is 4.18 Å². The fourth-order valence-electron chi connectivity index (χ4n) is 5.57. The van der Waals surface area contributed by atoms with Gasteiger partial charge in [-0.2, -0.15) is 8.42 Å². The van der Waals surface area contributed by atoms with Crippen LogP contribution in [0.1, 0.15) is 27.8 Å². The predicted molar refractivity (Wildman–Crippen MR) is 183 cm³/mol. The van der Waals surface area contributed by atoms with Crippen molar-refractivity contribution in [3.8, 4) is 22.8 Å². The van der Waals surface area contributed by atoms with E-state index >= 15 is 0 Å². The quantitative estimate of drug-likeness (QED) is 0.0999. The van der Waals surface area contributed by atoms with Crippen molar-refractivity contribution in [2.75, 3.05) is 13.2 Å². The van der Waals surface area contributed by atoms with Crippen molar-refractivity contribution in [3.63, 3.8) is 0 Å². The average Bonchev–Trinajstić information content (AvgIpc) is 3.33. The summed E-state index contributed by atoms with van der Waals surface area (Å²) in [6, 6.07) is 39.6. The van der Waals surface area contributed by atoms with E-state index in [0.29, 0.717) is 18.9 Å². The van der Waals surface area contributed by atoms with Crippen LogP contribution in [0.3, 0.4) is 0 Å². The highest BCUT2D eigenvalue weighted by atomic mass is 32.2. The van der Waals surface area contributed by atoms with E-state index < -0.39 is 10.1 Å². The van der Waals surface area contributed by atoms with Crippen molar-refractivity contribution < 1.29 is 22.1 Å². The summed E-state index contributed by atoms with van der Waals surface area (Å²) in [5.41, 5.74) is 9.16. The minimum atomic E-state index is -3.83. The van der Waals surface area contributed by atoms with Gasteiger partial charge in [0.15, 0.2) is 0 Å². The third kappa shape index (κ3) is 7.17.